The molecule has 0 fully saturated rings. The number of nitrogens with one attached hydrogen (secondary N) is 1. The number of hydrogen-bond acceptors (Lipinski definition) is 4. The highest BCUT2D eigenvalue weighted by molar-refractivity contribution is 6.37. The van der Waals surface area contributed by atoms with Crippen LogP contribution in [0.25, 0.3) is 16.9 Å². The van der Waals surface area contributed by atoms with E-state index < -0.39 is 40.0 Å². The Morgan fingerprint density at radius 1 is 1.10 bits per heavy atom. The third-order valence-corrected chi connectivity index (χ3v) is 4.63. The number of alkyl halides is 3. The van der Waals surface area contributed by atoms with Crippen molar-refractivity contribution in [2.75, 3.05) is 5.32 Å². The summed E-state index contributed by atoms with van der Waals surface area (Å²) >= 11 is 6.17. The van der Waals surface area contributed by atoms with Crippen LogP contribution in [-0.4, -0.2) is 25.6 Å². The Balaban J connectivity index is 1.85. The average molecular weight is 451 g/mol. The number of benzene rings is 2. The van der Waals surface area contributed by atoms with Crippen molar-refractivity contribution in [3.8, 4) is 17.0 Å². The molecule has 0 aliphatic carbocycles. The van der Waals surface area contributed by atoms with Gasteiger partial charge < -0.3 is 10.4 Å². The van der Waals surface area contributed by atoms with Crippen molar-refractivity contribution in [1.82, 2.24) is 14.6 Å². The maximum Gasteiger partial charge on any atom is 0.433 e. The lowest BCUT2D eigenvalue weighted by Gasteiger charge is -2.11. The Bertz CT molecular complexity index is 1300. The van der Waals surface area contributed by atoms with Gasteiger partial charge in [-0.25, -0.2) is 13.9 Å². The van der Waals surface area contributed by atoms with Crippen LogP contribution >= 0.6 is 11.6 Å². The summed E-state index contributed by atoms with van der Waals surface area (Å²) in [6.45, 7) is 0. The third kappa shape index (κ3) is 4.02. The number of rotatable bonds is 3. The van der Waals surface area contributed by atoms with E-state index in [1.807, 2.05) is 0 Å². The van der Waals surface area contributed by atoms with Gasteiger partial charge in [-0.2, -0.15) is 18.3 Å². The molecule has 2 N–H and O–H groups in total. The maximum absolute atomic E-state index is 13.7. The number of carbonyl (C=O) groups is 1. The summed E-state index contributed by atoms with van der Waals surface area (Å²) in [5, 5.41) is 15.2. The van der Waals surface area contributed by atoms with Gasteiger partial charge in [0, 0.05) is 17.3 Å². The van der Waals surface area contributed by atoms with Crippen molar-refractivity contribution in [3.63, 3.8) is 0 Å². The number of aromatic hydroxyl groups is 1. The zero-order chi connectivity index (χ0) is 22.3. The quantitative estimate of drug-likeness (QED) is 0.422. The van der Waals surface area contributed by atoms with Gasteiger partial charge in [0.15, 0.2) is 17.0 Å². The second-order valence-corrected chi connectivity index (χ2v) is 6.81. The molecule has 31 heavy (non-hydrogen) atoms. The van der Waals surface area contributed by atoms with Gasteiger partial charge in [0.05, 0.1) is 5.69 Å². The number of phenols is 1. The average Bonchev–Trinajstić information content (AvgIpc) is 3.04. The largest absolute Gasteiger partial charge is 0.508 e. The summed E-state index contributed by atoms with van der Waals surface area (Å²) in [6.07, 6.45) is -4.84. The van der Waals surface area contributed by atoms with E-state index >= 15 is 0 Å². The fourth-order valence-electron chi connectivity index (χ4n) is 2.88. The number of halogens is 5. The van der Waals surface area contributed by atoms with Gasteiger partial charge >= 0.3 is 6.18 Å². The molecule has 0 saturated carbocycles. The number of hydrogen-bond donors (Lipinski definition) is 2. The van der Waals surface area contributed by atoms with E-state index in [1.54, 1.807) is 0 Å². The van der Waals surface area contributed by atoms with Gasteiger partial charge in [-0.1, -0.05) is 17.7 Å². The van der Waals surface area contributed by atoms with Crippen LogP contribution in [0.15, 0.2) is 54.6 Å². The minimum Gasteiger partial charge on any atom is -0.508 e. The normalized spacial score (nSPS) is 11.6. The van der Waals surface area contributed by atoms with E-state index in [2.05, 4.69) is 15.4 Å². The lowest BCUT2D eigenvalue weighted by atomic mass is 10.1. The minimum absolute atomic E-state index is 0.121. The number of fused-ring (bicyclic) bond motifs is 1. The van der Waals surface area contributed by atoms with Crippen molar-refractivity contribution >= 4 is 28.8 Å². The summed E-state index contributed by atoms with van der Waals surface area (Å²) < 4.78 is 54.7. The first kappa shape index (κ1) is 20.6. The molecule has 0 spiro atoms. The molecule has 11 heteroatoms. The van der Waals surface area contributed by atoms with E-state index in [4.69, 9.17) is 11.6 Å². The highest BCUT2D eigenvalue weighted by atomic mass is 35.5. The van der Waals surface area contributed by atoms with Crippen molar-refractivity contribution in [2.24, 2.45) is 0 Å². The molecule has 6 nitrogen and oxygen atoms in total. The summed E-state index contributed by atoms with van der Waals surface area (Å²) in [7, 11) is 0. The standard InChI is InChI=1S/C20H11ClF4N4O2/c21-16-17(19(31)26-12-2-1-3-13(30)8-12)28-29-15(20(23,24)25)9-14(27-18(16)29)10-4-6-11(22)7-5-10/h1-9,30H,(H,26,31). The first-order valence-corrected chi connectivity index (χ1v) is 9.04. The highest BCUT2D eigenvalue weighted by Crippen LogP contribution is 2.34. The monoisotopic (exact) mass is 450 g/mol. The minimum atomic E-state index is -4.84. The Hall–Kier alpha value is -3.66. The molecular weight excluding hydrogens is 440 g/mol. The number of anilines is 1. The van der Waals surface area contributed by atoms with Gasteiger partial charge in [-0.3, -0.25) is 4.79 Å². The molecule has 1 amide bonds. The zero-order valence-corrected chi connectivity index (χ0v) is 16.0. The number of carbonyl (C=O) groups excluding carboxylic acids is 1. The molecule has 0 unspecified atom stereocenters. The fraction of sp³-hybridized carbons (Fsp3) is 0.0500. The molecule has 0 atom stereocenters. The number of nitrogens with zero attached hydrogens (tertiary/aromatic N) is 3. The van der Waals surface area contributed by atoms with Crippen molar-refractivity contribution in [1.29, 1.82) is 0 Å². The molecule has 4 rings (SSSR count). The Morgan fingerprint density at radius 3 is 2.45 bits per heavy atom. The Labute approximate surface area is 176 Å². The maximum atomic E-state index is 13.7. The lowest BCUT2D eigenvalue weighted by Crippen LogP contribution is -2.15. The molecule has 0 bridgehead atoms. The van der Waals surface area contributed by atoms with Crippen LogP contribution in [0, 0.1) is 5.82 Å². The number of amides is 1. The highest BCUT2D eigenvalue weighted by Gasteiger charge is 2.36. The molecule has 2 heterocycles. The van der Waals surface area contributed by atoms with Gasteiger partial charge in [-0.05, 0) is 42.5 Å². The van der Waals surface area contributed by atoms with Crippen LogP contribution in [0.1, 0.15) is 16.2 Å². The predicted molar refractivity (Wildman–Crippen MR) is 104 cm³/mol. The van der Waals surface area contributed by atoms with Gasteiger partial charge in [0.25, 0.3) is 5.91 Å². The van der Waals surface area contributed by atoms with Crippen LogP contribution in [0.4, 0.5) is 23.2 Å². The van der Waals surface area contributed by atoms with Gasteiger partial charge in [0.1, 0.15) is 16.6 Å². The van der Waals surface area contributed by atoms with E-state index in [0.29, 0.717) is 4.52 Å². The molecule has 4 aromatic rings. The van der Waals surface area contributed by atoms with Crippen molar-refractivity contribution in [2.45, 2.75) is 6.18 Å². The van der Waals surface area contributed by atoms with E-state index in [-0.39, 0.29) is 22.7 Å². The first-order chi connectivity index (χ1) is 14.6. The molecule has 0 aliphatic heterocycles. The third-order valence-electron chi connectivity index (χ3n) is 4.28. The van der Waals surface area contributed by atoms with Gasteiger partial charge in [0.2, 0.25) is 0 Å². The van der Waals surface area contributed by atoms with Crippen LogP contribution in [0.2, 0.25) is 5.02 Å². The van der Waals surface area contributed by atoms with E-state index in [1.165, 1.54) is 36.4 Å². The zero-order valence-electron chi connectivity index (χ0n) is 15.3. The smallest absolute Gasteiger partial charge is 0.433 e. The molecule has 0 saturated heterocycles. The topological polar surface area (TPSA) is 79.5 Å². The Kier molecular flexibility index (Phi) is 5.02. The van der Waals surface area contributed by atoms with Crippen LogP contribution in [0.5, 0.6) is 5.75 Å². The first-order valence-electron chi connectivity index (χ1n) is 8.66. The number of aromatic nitrogens is 3. The van der Waals surface area contributed by atoms with E-state index in [9.17, 15) is 27.5 Å². The van der Waals surface area contributed by atoms with Gasteiger partial charge in [-0.15, -0.1) is 0 Å². The van der Waals surface area contributed by atoms with E-state index in [0.717, 1.165) is 18.2 Å². The van der Waals surface area contributed by atoms with Crippen LogP contribution in [0.3, 0.4) is 0 Å². The Morgan fingerprint density at radius 2 is 1.81 bits per heavy atom. The predicted octanol–water partition coefficient (Wildman–Crippen LogP) is 5.17. The van der Waals surface area contributed by atoms with Crippen molar-refractivity contribution in [3.05, 3.63) is 76.8 Å². The molecular formula is C20H11ClF4N4O2. The SMILES string of the molecule is O=C(Nc1cccc(O)c1)c1nn2c(C(F)(F)F)cc(-c3ccc(F)cc3)nc2c1Cl. The van der Waals surface area contributed by atoms with Crippen LogP contribution < -0.4 is 5.32 Å². The summed E-state index contributed by atoms with van der Waals surface area (Å²) in [4.78, 5) is 16.7. The summed E-state index contributed by atoms with van der Waals surface area (Å²) in [5.74, 6) is -1.57. The summed E-state index contributed by atoms with van der Waals surface area (Å²) in [5.41, 5.74) is -1.81. The molecule has 2 aromatic heterocycles. The van der Waals surface area contributed by atoms with Crippen LogP contribution in [-0.2, 0) is 6.18 Å². The van der Waals surface area contributed by atoms with Crippen molar-refractivity contribution < 1.29 is 27.5 Å². The second-order valence-electron chi connectivity index (χ2n) is 6.43. The summed E-state index contributed by atoms with van der Waals surface area (Å²) in [6, 6.07) is 11.0. The second kappa shape index (κ2) is 7.55. The molecule has 158 valence electrons. The molecule has 2 aromatic carbocycles. The lowest BCUT2D eigenvalue weighted by molar-refractivity contribution is -0.142. The fourth-order valence-corrected chi connectivity index (χ4v) is 3.13. The number of phenolic OH excluding ortho intramolecular Hbond substituents is 1. The molecule has 0 radical (unpaired) electrons. The molecule has 0 aliphatic rings.